The van der Waals surface area contributed by atoms with Crippen LogP contribution in [0.4, 0.5) is 21.5 Å². The molecule has 0 aliphatic carbocycles. The first-order valence-corrected chi connectivity index (χ1v) is 11.4. The van der Waals surface area contributed by atoms with Gasteiger partial charge < -0.3 is 15.1 Å². The number of hydrogen-bond acceptors (Lipinski definition) is 5. The van der Waals surface area contributed by atoms with Crippen LogP contribution in [-0.4, -0.2) is 61.8 Å². The van der Waals surface area contributed by atoms with Crippen LogP contribution < -0.4 is 15.1 Å². The van der Waals surface area contributed by atoms with Crippen molar-refractivity contribution in [1.29, 1.82) is 0 Å². The number of anilines is 3. The molecule has 0 aromatic heterocycles. The first-order chi connectivity index (χ1) is 15.9. The van der Waals surface area contributed by atoms with Gasteiger partial charge >= 0.3 is 0 Å². The third-order valence-electron chi connectivity index (χ3n) is 6.26. The van der Waals surface area contributed by atoms with E-state index in [1.54, 1.807) is 17.0 Å². The molecule has 1 N–H and O–H groups in total. The van der Waals surface area contributed by atoms with Gasteiger partial charge in [-0.15, -0.1) is 0 Å². The van der Waals surface area contributed by atoms with Crippen LogP contribution in [0.1, 0.15) is 36.5 Å². The highest BCUT2D eigenvalue weighted by atomic mass is 19.1. The van der Waals surface area contributed by atoms with Crippen LogP contribution in [0.5, 0.6) is 0 Å². The number of ketones is 1. The molecule has 2 aromatic carbocycles. The molecule has 2 fully saturated rings. The molecule has 0 atom stereocenters. The van der Waals surface area contributed by atoms with Gasteiger partial charge in [0.15, 0.2) is 5.78 Å². The summed E-state index contributed by atoms with van der Waals surface area (Å²) < 4.78 is 14.4. The highest BCUT2D eigenvalue weighted by molar-refractivity contribution is 5.96. The van der Waals surface area contributed by atoms with E-state index in [0.29, 0.717) is 49.4 Å². The average Bonchev–Trinajstić information content (AvgIpc) is 3.24. The topological polar surface area (TPSA) is 73.0 Å². The van der Waals surface area contributed by atoms with E-state index in [-0.39, 0.29) is 23.4 Å². The Bertz CT molecular complexity index is 1030. The number of nitrogens with zero attached hydrogens (tertiary/aromatic N) is 3. The monoisotopic (exact) mass is 452 g/mol. The van der Waals surface area contributed by atoms with Gasteiger partial charge in [-0.25, -0.2) is 4.39 Å². The van der Waals surface area contributed by atoms with Crippen molar-refractivity contribution < 1.29 is 18.8 Å². The molecule has 2 aromatic rings. The first kappa shape index (κ1) is 22.9. The standard InChI is InChI=1S/C25H29FN4O3/c1-18(31)19-4-9-23(22(26)17-19)29-15-13-28(14-16-29)12-10-24(32)27-20-5-7-21(8-6-20)30-11-2-3-25(30)33/h4-9,17H,2-3,10-16H2,1H3,(H,27,32). The lowest BCUT2D eigenvalue weighted by molar-refractivity contribution is -0.117. The van der Waals surface area contributed by atoms with Gasteiger partial charge in [0.1, 0.15) is 5.82 Å². The number of carbonyl (C=O) groups excluding carboxylic acids is 3. The van der Waals surface area contributed by atoms with Crippen molar-refractivity contribution in [2.24, 2.45) is 0 Å². The molecule has 8 heteroatoms. The van der Waals surface area contributed by atoms with E-state index in [1.807, 2.05) is 29.2 Å². The van der Waals surface area contributed by atoms with Gasteiger partial charge in [0, 0.05) is 69.0 Å². The Morgan fingerprint density at radius 1 is 1.00 bits per heavy atom. The molecule has 0 saturated carbocycles. The number of rotatable bonds is 7. The highest BCUT2D eigenvalue weighted by Crippen LogP contribution is 2.24. The van der Waals surface area contributed by atoms with Crippen molar-refractivity contribution in [3.8, 4) is 0 Å². The second-order valence-electron chi connectivity index (χ2n) is 8.55. The average molecular weight is 453 g/mol. The van der Waals surface area contributed by atoms with E-state index in [2.05, 4.69) is 10.2 Å². The minimum absolute atomic E-state index is 0.0618. The van der Waals surface area contributed by atoms with Crippen LogP contribution in [-0.2, 0) is 9.59 Å². The normalized spacial score (nSPS) is 16.8. The second kappa shape index (κ2) is 10.1. The van der Waals surface area contributed by atoms with Gasteiger partial charge in [-0.1, -0.05) is 0 Å². The fourth-order valence-electron chi connectivity index (χ4n) is 4.32. The zero-order valence-electron chi connectivity index (χ0n) is 18.8. The lowest BCUT2D eigenvalue weighted by atomic mass is 10.1. The Kier molecular flexibility index (Phi) is 7.03. The summed E-state index contributed by atoms with van der Waals surface area (Å²) in [5, 5.41) is 2.91. The largest absolute Gasteiger partial charge is 0.367 e. The van der Waals surface area contributed by atoms with Crippen LogP contribution in [0.25, 0.3) is 0 Å². The minimum atomic E-state index is -0.379. The molecule has 0 radical (unpaired) electrons. The molecule has 2 saturated heterocycles. The summed E-state index contributed by atoms with van der Waals surface area (Å²) in [5.41, 5.74) is 2.46. The van der Waals surface area contributed by atoms with E-state index in [4.69, 9.17) is 0 Å². The number of hydrogen-bond donors (Lipinski definition) is 1. The van der Waals surface area contributed by atoms with Gasteiger partial charge in [0.05, 0.1) is 5.69 Å². The zero-order chi connectivity index (χ0) is 23.4. The molecular weight excluding hydrogens is 423 g/mol. The molecule has 2 aliphatic heterocycles. The molecule has 0 unspecified atom stereocenters. The van der Waals surface area contributed by atoms with E-state index in [1.165, 1.54) is 13.0 Å². The summed E-state index contributed by atoms with van der Waals surface area (Å²) in [5.74, 6) is -0.451. The number of benzene rings is 2. The van der Waals surface area contributed by atoms with Crippen LogP contribution in [0.3, 0.4) is 0 Å². The maximum atomic E-state index is 14.4. The summed E-state index contributed by atoms with van der Waals surface area (Å²) in [6.45, 7) is 5.60. The fourth-order valence-corrected chi connectivity index (χ4v) is 4.32. The molecule has 0 spiro atoms. The Morgan fingerprint density at radius 2 is 1.73 bits per heavy atom. The van der Waals surface area contributed by atoms with Crippen LogP contribution >= 0.6 is 0 Å². The van der Waals surface area contributed by atoms with Crippen LogP contribution in [0, 0.1) is 5.82 Å². The molecular formula is C25H29FN4O3. The summed E-state index contributed by atoms with van der Waals surface area (Å²) in [4.78, 5) is 41.6. The SMILES string of the molecule is CC(=O)c1ccc(N2CCN(CCC(=O)Nc3ccc(N4CCCC4=O)cc3)CC2)c(F)c1. The van der Waals surface area contributed by atoms with Gasteiger partial charge in [-0.3, -0.25) is 19.3 Å². The Balaban J connectivity index is 1.22. The van der Waals surface area contributed by atoms with Crippen LogP contribution in [0.15, 0.2) is 42.5 Å². The molecule has 174 valence electrons. The number of piperazine rings is 1. The highest BCUT2D eigenvalue weighted by Gasteiger charge is 2.22. The van der Waals surface area contributed by atoms with Gasteiger partial charge in [-0.05, 0) is 55.8 Å². The predicted molar refractivity (Wildman–Crippen MR) is 126 cm³/mol. The lowest BCUT2D eigenvalue weighted by Gasteiger charge is -2.36. The second-order valence-corrected chi connectivity index (χ2v) is 8.55. The number of nitrogens with one attached hydrogen (secondary N) is 1. The third-order valence-corrected chi connectivity index (χ3v) is 6.26. The van der Waals surface area contributed by atoms with Gasteiger partial charge in [0.25, 0.3) is 0 Å². The number of carbonyl (C=O) groups is 3. The molecule has 0 bridgehead atoms. The molecule has 33 heavy (non-hydrogen) atoms. The Morgan fingerprint density at radius 3 is 2.33 bits per heavy atom. The van der Waals surface area contributed by atoms with Crippen molar-refractivity contribution >= 4 is 34.7 Å². The molecule has 7 nitrogen and oxygen atoms in total. The van der Waals surface area contributed by atoms with Crippen molar-refractivity contribution in [2.45, 2.75) is 26.2 Å². The molecule has 2 amide bonds. The van der Waals surface area contributed by atoms with Crippen molar-refractivity contribution in [2.75, 3.05) is 54.4 Å². The van der Waals surface area contributed by atoms with Gasteiger partial charge in [-0.2, -0.15) is 0 Å². The zero-order valence-corrected chi connectivity index (χ0v) is 18.8. The lowest BCUT2D eigenvalue weighted by Crippen LogP contribution is -2.47. The first-order valence-electron chi connectivity index (χ1n) is 11.4. The molecule has 2 heterocycles. The minimum Gasteiger partial charge on any atom is -0.367 e. The van der Waals surface area contributed by atoms with E-state index >= 15 is 0 Å². The third kappa shape index (κ3) is 5.57. The Hall–Kier alpha value is -3.26. The maximum absolute atomic E-state index is 14.4. The number of amides is 2. The van der Waals surface area contributed by atoms with Crippen LogP contribution in [0.2, 0.25) is 0 Å². The number of halogens is 1. The van der Waals surface area contributed by atoms with E-state index in [9.17, 15) is 18.8 Å². The van der Waals surface area contributed by atoms with E-state index < -0.39 is 0 Å². The van der Waals surface area contributed by atoms with Gasteiger partial charge in [0.2, 0.25) is 11.8 Å². The summed E-state index contributed by atoms with van der Waals surface area (Å²) in [6.07, 6.45) is 1.84. The van der Waals surface area contributed by atoms with Crippen molar-refractivity contribution in [3.63, 3.8) is 0 Å². The number of Topliss-reactive ketones (excluding diaryl/α,β-unsaturated/α-hetero) is 1. The maximum Gasteiger partial charge on any atom is 0.227 e. The molecule has 2 aliphatic rings. The quantitative estimate of drug-likeness (QED) is 0.653. The summed E-state index contributed by atoms with van der Waals surface area (Å²) in [7, 11) is 0. The van der Waals surface area contributed by atoms with E-state index in [0.717, 1.165) is 31.7 Å². The fraction of sp³-hybridized carbons (Fsp3) is 0.400. The predicted octanol–water partition coefficient (Wildman–Crippen LogP) is 3.31. The Labute approximate surface area is 193 Å². The smallest absolute Gasteiger partial charge is 0.227 e. The molecule has 4 rings (SSSR count). The summed E-state index contributed by atoms with van der Waals surface area (Å²) >= 11 is 0. The summed E-state index contributed by atoms with van der Waals surface area (Å²) in [6, 6.07) is 12.0. The van der Waals surface area contributed by atoms with Crippen molar-refractivity contribution in [3.05, 3.63) is 53.8 Å². The van der Waals surface area contributed by atoms with Crippen molar-refractivity contribution in [1.82, 2.24) is 4.90 Å².